The number of methoxy groups -OCH3 is 3. The van der Waals surface area contributed by atoms with Crippen LogP contribution in [0.5, 0.6) is 23.0 Å². The molecular formula is C24H25NO5. The Morgan fingerprint density at radius 2 is 1.43 bits per heavy atom. The van der Waals surface area contributed by atoms with Gasteiger partial charge in [0.1, 0.15) is 5.75 Å². The SMILES string of the molecule is COc1cc(CNC(=O)COc2ccccc2-c2ccccc2)cc(OC)c1OC. The number of carbonyl (C=O) groups is 1. The zero-order valence-electron chi connectivity index (χ0n) is 17.3. The van der Waals surface area contributed by atoms with Crippen LogP contribution >= 0.6 is 0 Å². The third-order valence-electron chi connectivity index (χ3n) is 4.54. The quantitative estimate of drug-likeness (QED) is 0.579. The first-order valence-electron chi connectivity index (χ1n) is 9.49. The molecule has 0 bridgehead atoms. The standard InChI is InChI=1S/C24H25NO5/c1-27-21-13-17(14-22(28-2)24(21)29-3)15-25-23(26)16-30-20-12-8-7-11-19(20)18-9-5-4-6-10-18/h4-14H,15-16H2,1-3H3,(H,25,26). The highest BCUT2D eigenvalue weighted by Gasteiger charge is 2.14. The van der Waals surface area contributed by atoms with Gasteiger partial charge in [-0.15, -0.1) is 0 Å². The molecule has 6 nitrogen and oxygen atoms in total. The first-order chi connectivity index (χ1) is 14.7. The van der Waals surface area contributed by atoms with Gasteiger partial charge in [0.05, 0.1) is 21.3 Å². The van der Waals surface area contributed by atoms with Gasteiger partial charge in [-0.3, -0.25) is 4.79 Å². The zero-order valence-corrected chi connectivity index (χ0v) is 17.3. The van der Waals surface area contributed by atoms with Crippen molar-refractivity contribution in [2.24, 2.45) is 0 Å². The van der Waals surface area contributed by atoms with Gasteiger partial charge < -0.3 is 24.3 Å². The topological polar surface area (TPSA) is 66.0 Å². The summed E-state index contributed by atoms with van der Waals surface area (Å²) in [5.74, 6) is 2.01. The molecule has 0 aliphatic carbocycles. The van der Waals surface area contributed by atoms with E-state index in [2.05, 4.69) is 5.32 Å². The predicted molar refractivity (Wildman–Crippen MR) is 115 cm³/mol. The molecule has 0 unspecified atom stereocenters. The van der Waals surface area contributed by atoms with E-state index in [4.69, 9.17) is 18.9 Å². The van der Waals surface area contributed by atoms with E-state index in [1.165, 1.54) is 0 Å². The molecule has 1 N–H and O–H groups in total. The normalized spacial score (nSPS) is 10.2. The third kappa shape index (κ3) is 5.03. The lowest BCUT2D eigenvalue weighted by atomic mass is 10.1. The van der Waals surface area contributed by atoms with Crippen molar-refractivity contribution in [3.05, 3.63) is 72.3 Å². The van der Waals surface area contributed by atoms with E-state index < -0.39 is 0 Å². The maximum Gasteiger partial charge on any atom is 0.258 e. The molecule has 3 aromatic carbocycles. The molecule has 0 saturated carbocycles. The minimum atomic E-state index is -0.230. The summed E-state index contributed by atoms with van der Waals surface area (Å²) in [5.41, 5.74) is 2.80. The van der Waals surface area contributed by atoms with Gasteiger partial charge in [-0.25, -0.2) is 0 Å². The van der Waals surface area contributed by atoms with Gasteiger partial charge in [-0.1, -0.05) is 48.5 Å². The van der Waals surface area contributed by atoms with Gasteiger partial charge in [0, 0.05) is 12.1 Å². The molecule has 0 heterocycles. The number of ether oxygens (including phenoxy) is 4. The van der Waals surface area contributed by atoms with Crippen LogP contribution in [0, 0.1) is 0 Å². The van der Waals surface area contributed by atoms with Crippen LogP contribution in [0.4, 0.5) is 0 Å². The van der Waals surface area contributed by atoms with E-state index in [1.807, 2.05) is 54.6 Å². The Kier molecular flexibility index (Phi) is 7.16. The highest BCUT2D eigenvalue weighted by molar-refractivity contribution is 5.78. The maximum atomic E-state index is 12.3. The van der Waals surface area contributed by atoms with Crippen LogP contribution in [0.25, 0.3) is 11.1 Å². The fraction of sp³-hybridized carbons (Fsp3) is 0.208. The third-order valence-corrected chi connectivity index (χ3v) is 4.54. The summed E-state index contributed by atoms with van der Waals surface area (Å²) in [7, 11) is 4.65. The largest absolute Gasteiger partial charge is 0.493 e. The van der Waals surface area contributed by atoms with E-state index in [1.54, 1.807) is 33.5 Å². The molecule has 1 amide bonds. The summed E-state index contributed by atoms with van der Waals surface area (Å²) >= 11 is 0. The van der Waals surface area contributed by atoms with Gasteiger partial charge in [0.15, 0.2) is 18.1 Å². The van der Waals surface area contributed by atoms with Gasteiger partial charge in [0.2, 0.25) is 5.75 Å². The summed E-state index contributed by atoms with van der Waals surface area (Å²) in [6.07, 6.45) is 0. The molecule has 0 spiro atoms. The minimum Gasteiger partial charge on any atom is -0.493 e. The molecule has 0 aliphatic heterocycles. The molecule has 156 valence electrons. The van der Waals surface area contributed by atoms with Crippen molar-refractivity contribution in [3.63, 3.8) is 0 Å². The first kappa shape index (κ1) is 21.0. The molecule has 6 heteroatoms. The van der Waals surface area contributed by atoms with E-state index >= 15 is 0 Å². The van der Waals surface area contributed by atoms with Crippen molar-refractivity contribution in [2.45, 2.75) is 6.54 Å². The van der Waals surface area contributed by atoms with Crippen LogP contribution in [0.2, 0.25) is 0 Å². The Labute approximate surface area is 176 Å². The van der Waals surface area contributed by atoms with Crippen LogP contribution in [0.15, 0.2) is 66.7 Å². The second-order valence-electron chi connectivity index (χ2n) is 6.46. The van der Waals surface area contributed by atoms with Crippen LogP contribution in [0.1, 0.15) is 5.56 Å². The molecule has 0 atom stereocenters. The molecule has 0 aromatic heterocycles. The Morgan fingerprint density at radius 3 is 2.07 bits per heavy atom. The predicted octanol–water partition coefficient (Wildman–Crippen LogP) is 4.07. The Bertz CT molecular complexity index is 963. The van der Waals surface area contributed by atoms with E-state index in [-0.39, 0.29) is 12.5 Å². The van der Waals surface area contributed by atoms with Crippen LogP contribution in [-0.4, -0.2) is 33.8 Å². The maximum absolute atomic E-state index is 12.3. The summed E-state index contributed by atoms with van der Waals surface area (Å²) < 4.78 is 21.8. The fourth-order valence-electron chi connectivity index (χ4n) is 3.08. The summed E-state index contributed by atoms with van der Waals surface area (Å²) in [6.45, 7) is 0.216. The zero-order chi connectivity index (χ0) is 21.3. The summed E-state index contributed by atoms with van der Waals surface area (Å²) in [4.78, 5) is 12.3. The number of hydrogen-bond acceptors (Lipinski definition) is 5. The highest BCUT2D eigenvalue weighted by atomic mass is 16.5. The molecule has 30 heavy (non-hydrogen) atoms. The number of amides is 1. The molecule has 3 aromatic rings. The average molecular weight is 407 g/mol. The average Bonchev–Trinajstić information content (AvgIpc) is 2.81. The van der Waals surface area contributed by atoms with Gasteiger partial charge in [-0.2, -0.15) is 0 Å². The van der Waals surface area contributed by atoms with Crippen molar-refractivity contribution in [1.29, 1.82) is 0 Å². The molecule has 0 saturated heterocycles. The Balaban J connectivity index is 1.63. The van der Waals surface area contributed by atoms with Crippen molar-refractivity contribution in [2.75, 3.05) is 27.9 Å². The van der Waals surface area contributed by atoms with Gasteiger partial charge in [-0.05, 0) is 29.3 Å². The van der Waals surface area contributed by atoms with Crippen LogP contribution in [0.3, 0.4) is 0 Å². The number of carbonyl (C=O) groups excluding carboxylic acids is 1. The van der Waals surface area contributed by atoms with E-state index in [0.717, 1.165) is 16.7 Å². The van der Waals surface area contributed by atoms with Crippen molar-refractivity contribution in [1.82, 2.24) is 5.32 Å². The molecular weight excluding hydrogens is 382 g/mol. The lowest BCUT2D eigenvalue weighted by Gasteiger charge is -2.15. The lowest BCUT2D eigenvalue weighted by Crippen LogP contribution is -2.28. The first-order valence-corrected chi connectivity index (χ1v) is 9.49. The second kappa shape index (κ2) is 10.2. The van der Waals surface area contributed by atoms with Crippen LogP contribution in [-0.2, 0) is 11.3 Å². The van der Waals surface area contributed by atoms with E-state index in [0.29, 0.717) is 29.5 Å². The van der Waals surface area contributed by atoms with Crippen molar-refractivity contribution < 1.29 is 23.7 Å². The highest BCUT2D eigenvalue weighted by Crippen LogP contribution is 2.38. The van der Waals surface area contributed by atoms with Gasteiger partial charge in [0.25, 0.3) is 5.91 Å². The monoisotopic (exact) mass is 407 g/mol. The summed E-state index contributed by atoms with van der Waals surface area (Å²) in [6, 6.07) is 21.2. The number of rotatable bonds is 9. The summed E-state index contributed by atoms with van der Waals surface area (Å²) in [5, 5.41) is 2.85. The van der Waals surface area contributed by atoms with Gasteiger partial charge >= 0.3 is 0 Å². The fourth-order valence-corrected chi connectivity index (χ4v) is 3.08. The molecule has 0 fully saturated rings. The van der Waals surface area contributed by atoms with E-state index in [9.17, 15) is 4.79 Å². The Morgan fingerprint density at radius 1 is 0.800 bits per heavy atom. The minimum absolute atomic E-state index is 0.0890. The molecule has 0 aliphatic rings. The smallest absolute Gasteiger partial charge is 0.258 e. The van der Waals surface area contributed by atoms with Crippen molar-refractivity contribution >= 4 is 5.91 Å². The second-order valence-corrected chi connectivity index (χ2v) is 6.46. The van der Waals surface area contributed by atoms with Crippen molar-refractivity contribution in [3.8, 4) is 34.1 Å². The lowest BCUT2D eigenvalue weighted by molar-refractivity contribution is -0.123. The molecule has 0 radical (unpaired) electrons. The number of nitrogens with one attached hydrogen (secondary N) is 1. The number of hydrogen-bond donors (Lipinski definition) is 1. The number of para-hydroxylation sites is 1. The molecule has 3 rings (SSSR count). The Hall–Kier alpha value is -3.67. The number of benzene rings is 3. The van der Waals surface area contributed by atoms with Crippen LogP contribution < -0.4 is 24.3 Å².